The van der Waals surface area contributed by atoms with Crippen LogP contribution >= 0.6 is 0 Å². The van der Waals surface area contributed by atoms with E-state index in [1.807, 2.05) is 31.3 Å². The van der Waals surface area contributed by atoms with Gasteiger partial charge in [0.15, 0.2) is 0 Å². The molecule has 12 heavy (non-hydrogen) atoms. The molecule has 0 fully saturated rings. The third-order valence-electron chi connectivity index (χ3n) is 1.80. The fraction of sp³-hybridized carbons (Fsp3) is 0.111. The Balaban J connectivity index is 2.67. The van der Waals surface area contributed by atoms with Gasteiger partial charge in [0.2, 0.25) is 0 Å². The molecule has 1 N–H and O–H groups in total. The molecule has 0 spiro atoms. The average Bonchev–Trinajstić information content (AvgIpc) is 2.17. The number of anilines is 1. The Bertz CT molecular complexity index is 398. The maximum absolute atomic E-state index is 3.98. The lowest BCUT2D eigenvalue weighted by Gasteiger charge is -2.00. The summed E-state index contributed by atoms with van der Waals surface area (Å²) < 4.78 is 0. The van der Waals surface area contributed by atoms with Crippen LogP contribution < -0.4 is 5.32 Å². The van der Waals surface area contributed by atoms with Crippen LogP contribution in [0, 0.1) is 0 Å². The summed E-state index contributed by atoms with van der Waals surface area (Å²) in [5.74, 6) is 0. The molecule has 0 radical (unpaired) electrons. The molecule has 0 atom stereocenters. The van der Waals surface area contributed by atoms with E-state index in [2.05, 4.69) is 15.5 Å². The van der Waals surface area contributed by atoms with E-state index in [9.17, 15) is 0 Å². The van der Waals surface area contributed by atoms with Gasteiger partial charge in [-0.25, -0.2) is 0 Å². The van der Waals surface area contributed by atoms with Crippen molar-refractivity contribution in [3.8, 4) is 0 Å². The fourth-order valence-corrected chi connectivity index (χ4v) is 1.14. The van der Waals surface area contributed by atoms with Gasteiger partial charge in [-0.15, -0.1) is 0 Å². The van der Waals surface area contributed by atoms with Gasteiger partial charge in [0.25, 0.3) is 0 Å². The van der Waals surface area contributed by atoms with Crippen molar-refractivity contribution in [3.63, 3.8) is 0 Å². The quantitative estimate of drug-likeness (QED) is 0.687. The van der Waals surface area contributed by atoms with E-state index in [1.54, 1.807) is 6.20 Å². The van der Waals surface area contributed by atoms with Crippen LogP contribution in [-0.2, 0) is 0 Å². The highest BCUT2D eigenvalue weighted by Gasteiger charge is 1.94. The number of nitrogens with one attached hydrogen (secondary N) is 1. The van der Waals surface area contributed by atoms with Crippen molar-refractivity contribution < 1.29 is 0 Å². The van der Waals surface area contributed by atoms with Gasteiger partial charge in [0.05, 0.1) is 11.7 Å². The fourth-order valence-electron chi connectivity index (χ4n) is 1.14. The first kappa shape index (κ1) is 7.03. The molecule has 60 valence electrons. The Labute approximate surface area is 70.4 Å². The van der Waals surface area contributed by atoms with Crippen LogP contribution in [0.25, 0.3) is 10.9 Å². The number of fused-ring (bicyclic) bond motifs is 1. The lowest BCUT2D eigenvalue weighted by Crippen LogP contribution is -1.88. The Hall–Kier alpha value is -1.64. The molecule has 0 unspecified atom stereocenters. The molecular formula is C9H9N3. The van der Waals surface area contributed by atoms with E-state index in [4.69, 9.17) is 0 Å². The van der Waals surface area contributed by atoms with Crippen molar-refractivity contribution in [2.45, 2.75) is 0 Å². The third-order valence-corrected chi connectivity index (χ3v) is 1.80. The molecule has 3 heteroatoms. The molecule has 1 aromatic heterocycles. The summed E-state index contributed by atoms with van der Waals surface area (Å²) in [5, 5.41) is 12.0. The van der Waals surface area contributed by atoms with Gasteiger partial charge in [0, 0.05) is 18.1 Å². The molecule has 0 aliphatic heterocycles. The summed E-state index contributed by atoms with van der Waals surface area (Å²) in [5.41, 5.74) is 2.02. The zero-order chi connectivity index (χ0) is 8.39. The second kappa shape index (κ2) is 2.77. The van der Waals surface area contributed by atoms with Gasteiger partial charge in [-0.3, -0.25) is 0 Å². The average molecular weight is 159 g/mol. The zero-order valence-corrected chi connectivity index (χ0v) is 6.78. The van der Waals surface area contributed by atoms with Crippen LogP contribution in [0.1, 0.15) is 0 Å². The van der Waals surface area contributed by atoms with Crippen LogP contribution in [0.3, 0.4) is 0 Å². The minimum absolute atomic E-state index is 0.927. The van der Waals surface area contributed by atoms with Gasteiger partial charge >= 0.3 is 0 Å². The molecule has 0 bridgehead atoms. The number of aromatic nitrogens is 2. The van der Waals surface area contributed by atoms with E-state index >= 15 is 0 Å². The second-order valence-electron chi connectivity index (χ2n) is 2.55. The molecule has 0 saturated carbocycles. The summed E-state index contributed by atoms with van der Waals surface area (Å²) in [6, 6.07) is 7.93. The smallest absolute Gasteiger partial charge is 0.0931 e. The maximum atomic E-state index is 3.98. The maximum Gasteiger partial charge on any atom is 0.0931 e. The highest BCUT2D eigenvalue weighted by atomic mass is 15.1. The lowest BCUT2D eigenvalue weighted by molar-refractivity contribution is 1.08. The summed E-state index contributed by atoms with van der Waals surface area (Å²) in [6.45, 7) is 0. The summed E-state index contributed by atoms with van der Waals surface area (Å²) in [4.78, 5) is 0. The van der Waals surface area contributed by atoms with Crippen molar-refractivity contribution >= 4 is 16.6 Å². The Morgan fingerprint density at radius 1 is 1.25 bits per heavy atom. The molecule has 2 rings (SSSR count). The SMILES string of the molecule is CNc1ccc2nnccc2c1. The molecule has 0 amide bonds. The summed E-state index contributed by atoms with van der Waals surface area (Å²) in [7, 11) is 1.90. The standard InChI is InChI=1S/C9H9N3/c1-10-8-2-3-9-7(6-8)4-5-11-12-9/h2-6,10H,1H3. The number of hydrogen-bond donors (Lipinski definition) is 1. The number of rotatable bonds is 1. The van der Waals surface area contributed by atoms with Crippen LogP contribution in [0.5, 0.6) is 0 Å². The topological polar surface area (TPSA) is 37.8 Å². The van der Waals surface area contributed by atoms with Crippen LogP contribution in [-0.4, -0.2) is 17.2 Å². The first-order valence-corrected chi connectivity index (χ1v) is 3.79. The summed E-state index contributed by atoms with van der Waals surface area (Å²) >= 11 is 0. The number of hydrogen-bond acceptors (Lipinski definition) is 3. The first-order chi connectivity index (χ1) is 5.90. The van der Waals surface area contributed by atoms with Crippen molar-refractivity contribution in [1.82, 2.24) is 10.2 Å². The molecule has 2 aromatic rings. The van der Waals surface area contributed by atoms with Crippen LogP contribution in [0.4, 0.5) is 5.69 Å². The minimum Gasteiger partial charge on any atom is -0.388 e. The van der Waals surface area contributed by atoms with Crippen molar-refractivity contribution in [1.29, 1.82) is 0 Å². The van der Waals surface area contributed by atoms with Gasteiger partial charge in [-0.1, -0.05) is 0 Å². The van der Waals surface area contributed by atoms with Crippen LogP contribution in [0.15, 0.2) is 30.5 Å². The van der Waals surface area contributed by atoms with Gasteiger partial charge in [-0.2, -0.15) is 10.2 Å². The van der Waals surface area contributed by atoms with E-state index in [0.29, 0.717) is 0 Å². The van der Waals surface area contributed by atoms with Gasteiger partial charge in [-0.05, 0) is 24.3 Å². The summed E-state index contributed by atoms with van der Waals surface area (Å²) in [6.07, 6.45) is 1.70. The van der Waals surface area contributed by atoms with E-state index in [0.717, 1.165) is 16.6 Å². The zero-order valence-electron chi connectivity index (χ0n) is 6.78. The van der Waals surface area contributed by atoms with E-state index in [1.165, 1.54) is 0 Å². The predicted molar refractivity (Wildman–Crippen MR) is 49.1 cm³/mol. The van der Waals surface area contributed by atoms with E-state index in [-0.39, 0.29) is 0 Å². The van der Waals surface area contributed by atoms with Gasteiger partial charge < -0.3 is 5.32 Å². The molecule has 1 heterocycles. The second-order valence-corrected chi connectivity index (χ2v) is 2.55. The highest BCUT2D eigenvalue weighted by Crippen LogP contribution is 2.15. The van der Waals surface area contributed by atoms with Gasteiger partial charge in [0.1, 0.15) is 0 Å². The van der Waals surface area contributed by atoms with Crippen molar-refractivity contribution in [2.75, 3.05) is 12.4 Å². The molecule has 3 nitrogen and oxygen atoms in total. The molecule has 0 aliphatic carbocycles. The monoisotopic (exact) mass is 159 g/mol. The molecule has 0 aliphatic rings. The third kappa shape index (κ3) is 1.09. The first-order valence-electron chi connectivity index (χ1n) is 3.79. The Morgan fingerprint density at radius 3 is 3.00 bits per heavy atom. The number of nitrogens with zero attached hydrogens (tertiary/aromatic N) is 2. The number of benzene rings is 1. The molecule has 0 saturated heterocycles. The Morgan fingerprint density at radius 2 is 2.17 bits per heavy atom. The highest BCUT2D eigenvalue weighted by molar-refractivity contribution is 5.81. The minimum atomic E-state index is 0.927. The Kier molecular flexibility index (Phi) is 1.63. The lowest BCUT2D eigenvalue weighted by atomic mass is 10.2. The van der Waals surface area contributed by atoms with E-state index < -0.39 is 0 Å². The predicted octanol–water partition coefficient (Wildman–Crippen LogP) is 1.67. The normalized spacial score (nSPS) is 10.1. The van der Waals surface area contributed by atoms with Crippen molar-refractivity contribution in [3.05, 3.63) is 30.5 Å². The van der Waals surface area contributed by atoms with Crippen molar-refractivity contribution in [2.24, 2.45) is 0 Å². The largest absolute Gasteiger partial charge is 0.388 e. The molecular weight excluding hydrogens is 150 g/mol. The van der Waals surface area contributed by atoms with Crippen LogP contribution in [0.2, 0.25) is 0 Å². The molecule has 1 aromatic carbocycles.